The summed E-state index contributed by atoms with van der Waals surface area (Å²) in [5.41, 5.74) is 3.02. The van der Waals surface area contributed by atoms with E-state index in [4.69, 9.17) is 0 Å². The van der Waals surface area contributed by atoms with Crippen LogP contribution < -0.4 is 5.32 Å². The summed E-state index contributed by atoms with van der Waals surface area (Å²) < 4.78 is 0. The van der Waals surface area contributed by atoms with Crippen LogP contribution in [0, 0.1) is 0 Å². The second kappa shape index (κ2) is 8.43. The van der Waals surface area contributed by atoms with E-state index in [0.717, 1.165) is 26.2 Å². The van der Waals surface area contributed by atoms with Crippen LogP contribution in [-0.4, -0.2) is 31.1 Å². The standard InChI is InChI=1S/C18H32N2/c1-6-13-20(7-2)14-12-19-15-16-8-10-17(11-9-16)18(3,4)5/h8-11,19H,6-7,12-15H2,1-5H3. The zero-order valence-electron chi connectivity index (χ0n) is 14.0. The van der Waals surface area contributed by atoms with Gasteiger partial charge >= 0.3 is 0 Å². The van der Waals surface area contributed by atoms with Crippen molar-refractivity contribution in [1.29, 1.82) is 0 Å². The van der Waals surface area contributed by atoms with Crippen LogP contribution in [0.5, 0.6) is 0 Å². The van der Waals surface area contributed by atoms with Gasteiger partial charge in [0.1, 0.15) is 0 Å². The molecule has 0 bridgehead atoms. The Morgan fingerprint density at radius 1 is 1.00 bits per heavy atom. The molecular formula is C18H32N2. The number of nitrogens with zero attached hydrogens (tertiary/aromatic N) is 1. The molecule has 0 saturated carbocycles. The Labute approximate surface area is 125 Å². The maximum Gasteiger partial charge on any atom is 0.0206 e. The molecule has 0 aromatic heterocycles. The summed E-state index contributed by atoms with van der Waals surface area (Å²) in [7, 11) is 0. The van der Waals surface area contributed by atoms with Crippen molar-refractivity contribution in [3.8, 4) is 0 Å². The highest BCUT2D eigenvalue weighted by Crippen LogP contribution is 2.22. The van der Waals surface area contributed by atoms with Crippen molar-refractivity contribution in [2.24, 2.45) is 0 Å². The van der Waals surface area contributed by atoms with Gasteiger partial charge in [-0.3, -0.25) is 0 Å². The molecule has 0 atom stereocenters. The first-order valence-electron chi connectivity index (χ1n) is 7.99. The molecule has 0 heterocycles. The Bertz CT molecular complexity index is 362. The Morgan fingerprint density at radius 2 is 1.65 bits per heavy atom. The second-order valence-electron chi connectivity index (χ2n) is 6.56. The number of hydrogen-bond donors (Lipinski definition) is 1. The molecule has 0 fully saturated rings. The second-order valence-corrected chi connectivity index (χ2v) is 6.56. The van der Waals surface area contributed by atoms with Gasteiger partial charge in [-0.1, -0.05) is 58.9 Å². The SMILES string of the molecule is CCCN(CC)CCNCc1ccc(C(C)(C)C)cc1. The van der Waals surface area contributed by atoms with E-state index < -0.39 is 0 Å². The van der Waals surface area contributed by atoms with Crippen molar-refractivity contribution in [3.63, 3.8) is 0 Å². The van der Waals surface area contributed by atoms with Gasteiger partial charge in [0.2, 0.25) is 0 Å². The van der Waals surface area contributed by atoms with E-state index in [9.17, 15) is 0 Å². The largest absolute Gasteiger partial charge is 0.311 e. The van der Waals surface area contributed by atoms with Crippen molar-refractivity contribution in [3.05, 3.63) is 35.4 Å². The highest BCUT2D eigenvalue weighted by atomic mass is 15.1. The lowest BCUT2D eigenvalue weighted by atomic mass is 9.87. The van der Waals surface area contributed by atoms with E-state index in [2.05, 4.69) is 69.1 Å². The Hall–Kier alpha value is -0.860. The quantitative estimate of drug-likeness (QED) is 0.726. The summed E-state index contributed by atoms with van der Waals surface area (Å²) in [4.78, 5) is 2.50. The van der Waals surface area contributed by atoms with Crippen LogP contribution in [0.4, 0.5) is 0 Å². The molecule has 0 aliphatic rings. The predicted molar refractivity (Wildman–Crippen MR) is 89.3 cm³/mol. The summed E-state index contributed by atoms with van der Waals surface area (Å²) in [5, 5.41) is 3.54. The molecular weight excluding hydrogens is 244 g/mol. The Morgan fingerprint density at radius 3 is 2.15 bits per heavy atom. The normalized spacial score (nSPS) is 12.1. The zero-order chi connectivity index (χ0) is 15.0. The third-order valence-corrected chi connectivity index (χ3v) is 3.74. The van der Waals surface area contributed by atoms with E-state index in [1.54, 1.807) is 0 Å². The molecule has 1 N–H and O–H groups in total. The molecule has 0 aliphatic carbocycles. The van der Waals surface area contributed by atoms with Crippen LogP contribution in [0.3, 0.4) is 0 Å². The number of benzene rings is 1. The van der Waals surface area contributed by atoms with Gasteiger partial charge in [0.05, 0.1) is 0 Å². The topological polar surface area (TPSA) is 15.3 Å². The number of hydrogen-bond acceptors (Lipinski definition) is 2. The van der Waals surface area contributed by atoms with Crippen LogP contribution in [0.25, 0.3) is 0 Å². The lowest BCUT2D eigenvalue weighted by molar-refractivity contribution is 0.287. The summed E-state index contributed by atoms with van der Waals surface area (Å²) >= 11 is 0. The van der Waals surface area contributed by atoms with Crippen molar-refractivity contribution in [2.75, 3.05) is 26.2 Å². The van der Waals surface area contributed by atoms with Gasteiger partial charge in [0.25, 0.3) is 0 Å². The van der Waals surface area contributed by atoms with Crippen molar-refractivity contribution in [1.82, 2.24) is 10.2 Å². The van der Waals surface area contributed by atoms with Gasteiger partial charge in [-0.2, -0.15) is 0 Å². The van der Waals surface area contributed by atoms with E-state index >= 15 is 0 Å². The van der Waals surface area contributed by atoms with Crippen LogP contribution in [0.15, 0.2) is 24.3 Å². The first kappa shape index (κ1) is 17.2. The molecule has 1 aromatic rings. The van der Waals surface area contributed by atoms with Gasteiger partial charge in [-0.15, -0.1) is 0 Å². The average molecular weight is 276 g/mol. The minimum absolute atomic E-state index is 0.244. The molecule has 0 amide bonds. The maximum absolute atomic E-state index is 3.54. The molecule has 2 heteroatoms. The van der Waals surface area contributed by atoms with E-state index in [-0.39, 0.29) is 5.41 Å². The van der Waals surface area contributed by atoms with Crippen LogP contribution in [-0.2, 0) is 12.0 Å². The Kier molecular flexibility index (Phi) is 7.25. The summed E-state index contributed by atoms with van der Waals surface area (Å²) in [6, 6.07) is 9.01. The minimum atomic E-state index is 0.244. The van der Waals surface area contributed by atoms with Crippen LogP contribution in [0.2, 0.25) is 0 Å². The molecule has 114 valence electrons. The summed E-state index contributed by atoms with van der Waals surface area (Å²) in [6.45, 7) is 16.8. The molecule has 0 radical (unpaired) electrons. The first-order valence-corrected chi connectivity index (χ1v) is 7.99. The highest BCUT2D eigenvalue weighted by Gasteiger charge is 2.12. The molecule has 1 aromatic carbocycles. The van der Waals surface area contributed by atoms with Crippen LogP contribution in [0.1, 0.15) is 52.2 Å². The predicted octanol–water partition coefficient (Wildman–Crippen LogP) is 3.81. The van der Waals surface area contributed by atoms with Gasteiger partial charge in [0, 0.05) is 19.6 Å². The Balaban J connectivity index is 2.32. The molecule has 1 rings (SSSR count). The van der Waals surface area contributed by atoms with Gasteiger partial charge < -0.3 is 10.2 Å². The lowest BCUT2D eigenvalue weighted by Gasteiger charge is -2.20. The van der Waals surface area contributed by atoms with Crippen LogP contribution >= 0.6 is 0 Å². The highest BCUT2D eigenvalue weighted by molar-refractivity contribution is 5.27. The van der Waals surface area contributed by atoms with Gasteiger partial charge in [0.15, 0.2) is 0 Å². The first-order chi connectivity index (χ1) is 9.47. The molecule has 0 unspecified atom stereocenters. The smallest absolute Gasteiger partial charge is 0.0206 e. The fourth-order valence-corrected chi connectivity index (χ4v) is 2.34. The van der Waals surface area contributed by atoms with E-state index in [1.165, 1.54) is 24.1 Å². The summed E-state index contributed by atoms with van der Waals surface area (Å²) in [5.74, 6) is 0. The lowest BCUT2D eigenvalue weighted by Crippen LogP contribution is -2.32. The molecule has 0 aliphatic heterocycles. The monoisotopic (exact) mass is 276 g/mol. The fraction of sp³-hybridized carbons (Fsp3) is 0.667. The van der Waals surface area contributed by atoms with Crippen molar-refractivity contribution < 1.29 is 0 Å². The third kappa shape index (κ3) is 6.06. The van der Waals surface area contributed by atoms with E-state index in [0.29, 0.717) is 0 Å². The van der Waals surface area contributed by atoms with Crippen molar-refractivity contribution >= 4 is 0 Å². The number of likely N-dealkylation sites (N-methyl/N-ethyl adjacent to an activating group) is 1. The molecule has 0 saturated heterocycles. The van der Waals surface area contributed by atoms with Gasteiger partial charge in [-0.05, 0) is 36.1 Å². The average Bonchev–Trinajstić information content (AvgIpc) is 2.42. The molecule has 20 heavy (non-hydrogen) atoms. The fourth-order valence-electron chi connectivity index (χ4n) is 2.34. The summed E-state index contributed by atoms with van der Waals surface area (Å²) in [6.07, 6.45) is 1.24. The maximum atomic E-state index is 3.54. The molecule has 2 nitrogen and oxygen atoms in total. The van der Waals surface area contributed by atoms with E-state index in [1.807, 2.05) is 0 Å². The third-order valence-electron chi connectivity index (χ3n) is 3.74. The van der Waals surface area contributed by atoms with Gasteiger partial charge in [-0.25, -0.2) is 0 Å². The minimum Gasteiger partial charge on any atom is -0.311 e. The zero-order valence-corrected chi connectivity index (χ0v) is 14.0. The number of nitrogens with one attached hydrogen (secondary N) is 1. The number of rotatable bonds is 8. The van der Waals surface area contributed by atoms with Crippen molar-refractivity contribution in [2.45, 2.75) is 53.0 Å². The molecule has 0 spiro atoms.